The lowest BCUT2D eigenvalue weighted by Crippen LogP contribution is -2.25. The fourth-order valence-corrected chi connectivity index (χ4v) is 3.06. The predicted octanol–water partition coefficient (Wildman–Crippen LogP) is 4.27. The lowest BCUT2D eigenvalue weighted by Gasteiger charge is -2.12. The first-order chi connectivity index (χ1) is 13.7. The molecule has 0 bridgehead atoms. The van der Waals surface area contributed by atoms with E-state index in [9.17, 15) is 4.79 Å². The lowest BCUT2D eigenvalue weighted by molar-refractivity contribution is -0.123. The summed E-state index contributed by atoms with van der Waals surface area (Å²) in [6.07, 6.45) is 6.74. The van der Waals surface area contributed by atoms with Gasteiger partial charge >= 0.3 is 0 Å². The summed E-state index contributed by atoms with van der Waals surface area (Å²) in [7, 11) is 0. The molecule has 4 rings (SSSR count). The molecule has 1 amide bonds. The number of nitrogens with zero attached hydrogens (tertiary/aromatic N) is 1. The average molecular weight is 373 g/mol. The number of furan rings is 1. The first-order valence-corrected chi connectivity index (χ1v) is 8.85. The van der Waals surface area contributed by atoms with Gasteiger partial charge in [-0.2, -0.15) is 5.10 Å². The molecule has 0 aliphatic carbocycles. The topological polar surface area (TPSA) is 79.6 Å². The third-order valence-electron chi connectivity index (χ3n) is 4.41. The smallest absolute Gasteiger partial charge is 0.277 e. The van der Waals surface area contributed by atoms with Crippen molar-refractivity contribution in [3.63, 3.8) is 0 Å². The Labute approximate surface area is 161 Å². The molecule has 0 radical (unpaired) electrons. The van der Waals surface area contributed by atoms with Gasteiger partial charge in [0, 0.05) is 33.8 Å². The summed E-state index contributed by atoms with van der Waals surface area (Å²) < 4.78 is 10.9. The second kappa shape index (κ2) is 7.84. The van der Waals surface area contributed by atoms with Crippen LogP contribution in [-0.2, 0) is 4.79 Å². The number of aromatic amines is 1. The van der Waals surface area contributed by atoms with Crippen LogP contribution in [0.15, 0.2) is 76.8 Å². The van der Waals surface area contributed by atoms with E-state index < -0.39 is 0 Å². The molecule has 0 unspecified atom stereocenters. The Morgan fingerprint density at radius 2 is 2.11 bits per heavy atom. The number of rotatable bonds is 6. The molecule has 0 aliphatic heterocycles. The summed E-state index contributed by atoms with van der Waals surface area (Å²) in [5, 5.41) is 5.09. The minimum absolute atomic E-state index is 0.138. The van der Waals surface area contributed by atoms with Gasteiger partial charge < -0.3 is 14.1 Å². The molecule has 0 fully saturated rings. The Hall–Kier alpha value is -3.80. The van der Waals surface area contributed by atoms with Crippen LogP contribution in [0.25, 0.3) is 22.0 Å². The number of nitrogens with one attached hydrogen (secondary N) is 2. The molecule has 4 aromatic rings. The first-order valence-electron chi connectivity index (χ1n) is 8.85. The Balaban J connectivity index is 1.41. The van der Waals surface area contributed by atoms with Gasteiger partial charge in [0.15, 0.2) is 6.61 Å². The van der Waals surface area contributed by atoms with E-state index in [1.807, 2.05) is 61.7 Å². The van der Waals surface area contributed by atoms with E-state index in [0.717, 1.165) is 33.2 Å². The maximum atomic E-state index is 12.2. The second-order valence-electron chi connectivity index (χ2n) is 6.33. The highest BCUT2D eigenvalue weighted by Gasteiger charge is 2.12. The molecule has 0 spiro atoms. The first kappa shape index (κ1) is 17.6. The van der Waals surface area contributed by atoms with Crippen molar-refractivity contribution in [3.8, 4) is 16.9 Å². The van der Waals surface area contributed by atoms with Crippen LogP contribution in [0.2, 0.25) is 0 Å². The Morgan fingerprint density at radius 1 is 1.21 bits per heavy atom. The summed E-state index contributed by atoms with van der Waals surface area (Å²) >= 11 is 0. The number of hydrogen-bond acceptors (Lipinski definition) is 4. The van der Waals surface area contributed by atoms with Crippen LogP contribution >= 0.6 is 0 Å². The van der Waals surface area contributed by atoms with Gasteiger partial charge in [0.25, 0.3) is 5.91 Å². The maximum absolute atomic E-state index is 12.2. The van der Waals surface area contributed by atoms with E-state index in [4.69, 9.17) is 9.15 Å². The standard InChI is InChI=1S/C22H19N3O3/c1-15-4-2-6-19(17-9-11-27-13-17)22(15)28-14-21(26)25-24-12-16-5-3-7-20-18(16)8-10-23-20/h2-13,23H,14H2,1H3,(H,25,26). The van der Waals surface area contributed by atoms with E-state index in [0.29, 0.717) is 5.75 Å². The molecule has 140 valence electrons. The third kappa shape index (κ3) is 3.66. The van der Waals surface area contributed by atoms with Crippen molar-refractivity contribution < 1.29 is 13.9 Å². The minimum atomic E-state index is -0.334. The summed E-state index contributed by atoms with van der Waals surface area (Å²) in [6, 6.07) is 15.5. The third-order valence-corrected chi connectivity index (χ3v) is 4.41. The van der Waals surface area contributed by atoms with Crippen LogP contribution in [0.1, 0.15) is 11.1 Å². The number of carbonyl (C=O) groups is 1. The number of amides is 1. The Kier molecular flexibility index (Phi) is 4.93. The summed E-state index contributed by atoms with van der Waals surface area (Å²) in [5.74, 6) is 0.319. The fraction of sp³-hybridized carbons (Fsp3) is 0.0909. The van der Waals surface area contributed by atoms with Crippen molar-refractivity contribution in [1.82, 2.24) is 10.4 Å². The Bertz CT molecular complexity index is 1130. The molecule has 6 heteroatoms. The average Bonchev–Trinajstić information content (AvgIpc) is 3.39. The van der Waals surface area contributed by atoms with Gasteiger partial charge in [-0.25, -0.2) is 5.43 Å². The highest BCUT2D eigenvalue weighted by Crippen LogP contribution is 2.33. The minimum Gasteiger partial charge on any atom is -0.483 e. The fourth-order valence-electron chi connectivity index (χ4n) is 3.06. The molecule has 0 atom stereocenters. The number of benzene rings is 2. The number of H-pyrrole nitrogens is 1. The normalized spacial score (nSPS) is 11.2. The molecule has 28 heavy (non-hydrogen) atoms. The SMILES string of the molecule is Cc1cccc(-c2ccoc2)c1OCC(=O)NN=Cc1cccc2[nH]ccc12. The molecule has 6 nitrogen and oxygen atoms in total. The molecule has 2 N–H and O–H groups in total. The number of fused-ring (bicyclic) bond motifs is 1. The van der Waals surface area contributed by atoms with Gasteiger partial charge in [-0.1, -0.05) is 30.3 Å². The van der Waals surface area contributed by atoms with Crippen LogP contribution in [0.4, 0.5) is 0 Å². The molecule has 0 aliphatic rings. The monoisotopic (exact) mass is 373 g/mol. The summed E-state index contributed by atoms with van der Waals surface area (Å²) in [4.78, 5) is 15.3. The largest absolute Gasteiger partial charge is 0.483 e. The number of para-hydroxylation sites is 1. The number of hydrogen-bond donors (Lipinski definition) is 2. The number of hydrazone groups is 1. The van der Waals surface area contributed by atoms with Gasteiger partial charge in [0.05, 0.1) is 18.7 Å². The zero-order valence-corrected chi connectivity index (χ0v) is 15.3. The van der Waals surface area contributed by atoms with Crippen LogP contribution < -0.4 is 10.2 Å². The van der Waals surface area contributed by atoms with Crippen LogP contribution in [0, 0.1) is 6.92 Å². The lowest BCUT2D eigenvalue weighted by atomic mass is 10.0. The molecule has 2 aromatic heterocycles. The van der Waals surface area contributed by atoms with Crippen molar-refractivity contribution in [2.45, 2.75) is 6.92 Å². The molecular formula is C22H19N3O3. The van der Waals surface area contributed by atoms with Crippen molar-refractivity contribution >= 4 is 23.0 Å². The van der Waals surface area contributed by atoms with E-state index in [-0.39, 0.29) is 12.5 Å². The van der Waals surface area contributed by atoms with E-state index in [1.54, 1.807) is 18.7 Å². The summed E-state index contributed by atoms with van der Waals surface area (Å²) in [6.45, 7) is 1.80. The highest BCUT2D eigenvalue weighted by molar-refractivity contribution is 5.98. The van der Waals surface area contributed by atoms with Crippen molar-refractivity contribution in [3.05, 3.63) is 78.4 Å². The molecule has 0 saturated carbocycles. The van der Waals surface area contributed by atoms with Gasteiger partial charge in [-0.15, -0.1) is 0 Å². The van der Waals surface area contributed by atoms with Gasteiger partial charge in [-0.3, -0.25) is 4.79 Å². The van der Waals surface area contributed by atoms with Gasteiger partial charge in [-0.05, 0) is 30.7 Å². The Morgan fingerprint density at radius 3 is 2.96 bits per heavy atom. The number of aryl methyl sites for hydroxylation is 1. The second-order valence-corrected chi connectivity index (χ2v) is 6.33. The van der Waals surface area contributed by atoms with E-state index >= 15 is 0 Å². The van der Waals surface area contributed by atoms with E-state index in [2.05, 4.69) is 15.5 Å². The maximum Gasteiger partial charge on any atom is 0.277 e. The van der Waals surface area contributed by atoms with Gasteiger partial charge in [0.2, 0.25) is 0 Å². The molecule has 2 heterocycles. The zero-order valence-electron chi connectivity index (χ0n) is 15.3. The van der Waals surface area contributed by atoms with Gasteiger partial charge in [0.1, 0.15) is 5.75 Å². The van der Waals surface area contributed by atoms with E-state index in [1.165, 1.54) is 0 Å². The van der Waals surface area contributed by atoms with Crippen molar-refractivity contribution in [2.75, 3.05) is 6.61 Å². The number of ether oxygens (including phenoxy) is 1. The predicted molar refractivity (Wildman–Crippen MR) is 108 cm³/mol. The summed E-state index contributed by atoms with van der Waals surface area (Å²) in [5.41, 5.74) is 7.16. The molecular weight excluding hydrogens is 354 g/mol. The zero-order chi connectivity index (χ0) is 19.3. The molecule has 2 aromatic carbocycles. The quantitative estimate of drug-likeness (QED) is 0.391. The van der Waals surface area contributed by atoms with Crippen molar-refractivity contribution in [2.24, 2.45) is 5.10 Å². The highest BCUT2D eigenvalue weighted by atomic mass is 16.5. The van der Waals surface area contributed by atoms with Crippen LogP contribution in [0.3, 0.4) is 0 Å². The van der Waals surface area contributed by atoms with Crippen molar-refractivity contribution in [1.29, 1.82) is 0 Å². The number of carbonyl (C=O) groups excluding carboxylic acids is 1. The van der Waals surface area contributed by atoms with Crippen LogP contribution in [0.5, 0.6) is 5.75 Å². The van der Waals surface area contributed by atoms with Crippen LogP contribution in [-0.4, -0.2) is 23.7 Å². The number of aromatic nitrogens is 1. The molecule has 0 saturated heterocycles.